The Labute approximate surface area is 203 Å². The van der Waals surface area contributed by atoms with Crippen molar-refractivity contribution in [2.75, 3.05) is 13.1 Å². The van der Waals surface area contributed by atoms with E-state index in [2.05, 4.69) is 38.8 Å². The summed E-state index contributed by atoms with van der Waals surface area (Å²) in [6.45, 7) is 16.5. The molecular formula is C25H39N3O5Si. The molecule has 2 heterocycles. The fourth-order valence-electron chi connectivity index (χ4n) is 4.43. The average molecular weight is 490 g/mol. The monoisotopic (exact) mass is 489 g/mol. The minimum Gasteiger partial charge on any atom is -0.444 e. The number of aromatic amines is 1. The average Bonchev–Trinajstić information content (AvgIpc) is 3.28. The molecule has 0 radical (unpaired) electrons. The fraction of sp³-hybridized carbons (Fsp3) is 0.640. The molecule has 0 aliphatic carbocycles. The zero-order valence-corrected chi connectivity index (χ0v) is 22.7. The zero-order chi connectivity index (χ0) is 25.5. The van der Waals surface area contributed by atoms with Gasteiger partial charge < -0.3 is 19.0 Å². The van der Waals surface area contributed by atoms with Crippen molar-refractivity contribution in [1.82, 2.24) is 9.88 Å². The van der Waals surface area contributed by atoms with E-state index >= 15 is 0 Å². The second kappa shape index (κ2) is 9.34. The maximum absolute atomic E-state index is 13.3. The van der Waals surface area contributed by atoms with Crippen molar-refractivity contribution in [2.24, 2.45) is 0 Å². The van der Waals surface area contributed by atoms with E-state index in [1.807, 2.05) is 51.2 Å². The number of fused-ring (bicyclic) bond motifs is 1. The number of hydrogen-bond donors (Lipinski definition) is 1. The summed E-state index contributed by atoms with van der Waals surface area (Å²) in [5.74, 6) is -0.545. The molecule has 2 aromatic rings. The van der Waals surface area contributed by atoms with Crippen LogP contribution in [0.1, 0.15) is 59.4 Å². The van der Waals surface area contributed by atoms with Crippen LogP contribution >= 0.6 is 0 Å². The van der Waals surface area contributed by atoms with Crippen LogP contribution in [0, 0.1) is 10.1 Å². The minimum absolute atomic E-state index is 0.0315. The van der Waals surface area contributed by atoms with Crippen molar-refractivity contribution in [3.05, 3.63) is 46.1 Å². The van der Waals surface area contributed by atoms with Crippen molar-refractivity contribution < 1.29 is 18.9 Å². The number of nitro groups is 1. The molecule has 1 N–H and O–H groups in total. The molecular weight excluding hydrogens is 450 g/mol. The number of ether oxygens (including phenoxy) is 1. The molecule has 1 aromatic carbocycles. The minimum atomic E-state index is -2.20. The maximum Gasteiger partial charge on any atom is 0.410 e. The first-order valence-corrected chi connectivity index (χ1v) is 14.9. The highest BCUT2D eigenvalue weighted by atomic mass is 28.4. The van der Waals surface area contributed by atoms with Crippen molar-refractivity contribution in [1.29, 1.82) is 0 Å². The highest BCUT2D eigenvalue weighted by Crippen LogP contribution is 2.43. The Morgan fingerprint density at radius 1 is 1.24 bits per heavy atom. The van der Waals surface area contributed by atoms with Crippen molar-refractivity contribution in [3.8, 4) is 0 Å². The van der Waals surface area contributed by atoms with Gasteiger partial charge in [0, 0.05) is 28.6 Å². The van der Waals surface area contributed by atoms with Crippen LogP contribution in [0.25, 0.3) is 10.9 Å². The Hall–Kier alpha value is -2.39. The van der Waals surface area contributed by atoms with Crippen molar-refractivity contribution in [2.45, 2.75) is 89.8 Å². The van der Waals surface area contributed by atoms with E-state index in [9.17, 15) is 14.9 Å². The van der Waals surface area contributed by atoms with E-state index in [0.29, 0.717) is 13.0 Å². The van der Waals surface area contributed by atoms with E-state index in [-0.39, 0.29) is 22.6 Å². The number of benzene rings is 1. The molecule has 3 rings (SSSR count). The number of nitrogens with one attached hydrogen (secondary N) is 1. The maximum atomic E-state index is 13.3. The zero-order valence-electron chi connectivity index (χ0n) is 21.7. The van der Waals surface area contributed by atoms with Gasteiger partial charge in [-0.3, -0.25) is 10.1 Å². The van der Waals surface area contributed by atoms with Crippen LogP contribution in [0.4, 0.5) is 4.79 Å². The summed E-state index contributed by atoms with van der Waals surface area (Å²) >= 11 is 0. The summed E-state index contributed by atoms with van der Waals surface area (Å²) in [4.78, 5) is 29.8. The number of nitrogens with zero attached hydrogens (tertiary/aromatic N) is 2. The van der Waals surface area contributed by atoms with Gasteiger partial charge in [-0.15, -0.1) is 0 Å². The van der Waals surface area contributed by atoms with Gasteiger partial charge in [0.15, 0.2) is 8.32 Å². The second-order valence-corrected chi connectivity index (χ2v) is 16.5. The van der Waals surface area contributed by atoms with E-state index in [1.165, 1.54) is 0 Å². The lowest BCUT2D eigenvalue weighted by Gasteiger charge is -2.41. The van der Waals surface area contributed by atoms with Gasteiger partial charge >= 0.3 is 6.09 Å². The van der Waals surface area contributed by atoms with Gasteiger partial charge in [0.2, 0.25) is 6.54 Å². The molecule has 0 unspecified atom stereocenters. The van der Waals surface area contributed by atoms with Crippen LogP contribution in [-0.4, -0.2) is 60.1 Å². The molecule has 9 heteroatoms. The standard InChI is InChI=1S/C25H39N3O5Si/c1-24(2,3)32-23(29)27-14-13-21(33-34(7,8)25(4,5)6)22(27)19(16-28(30)31)18-15-26-20-12-10-9-11-17(18)20/h9-12,15,19,21-22,26H,13-14,16H2,1-8H3/t19-,21+,22-/m1/s1. The van der Waals surface area contributed by atoms with Crippen LogP contribution in [0.2, 0.25) is 18.1 Å². The summed E-state index contributed by atoms with van der Waals surface area (Å²) in [7, 11) is -2.20. The number of carbonyl (C=O) groups is 1. The van der Waals surface area contributed by atoms with Gasteiger partial charge in [-0.05, 0) is 57.0 Å². The number of amides is 1. The van der Waals surface area contributed by atoms with Gasteiger partial charge in [0.25, 0.3) is 0 Å². The summed E-state index contributed by atoms with van der Waals surface area (Å²) in [6.07, 6.45) is 1.69. The summed E-state index contributed by atoms with van der Waals surface area (Å²) in [5.41, 5.74) is 1.07. The Kier molecular flexibility index (Phi) is 7.20. The van der Waals surface area contributed by atoms with Crippen molar-refractivity contribution >= 4 is 25.3 Å². The van der Waals surface area contributed by atoms with Crippen LogP contribution in [-0.2, 0) is 9.16 Å². The number of likely N-dealkylation sites (tertiary alicyclic amines) is 1. The highest BCUT2D eigenvalue weighted by Gasteiger charge is 2.50. The van der Waals surface area contributed by atoms with Crippen LogP contribution in [0.3, 0.4) is 0 Å². The molecule has 1 saturated heterocycles. The first-order valence-electron chi connectivity index (χ1n) is 12.0. The molecule has 0 saturated carbocycles. The highest BCUT2D eigenvalue weighted by molar-refractivity contribution is 6.74. The van der Waals surface area contributed by atoms with E-state index < -0.39 is 32.0 Å². The molecule has 1 fully saturated rings. The third kappa shape index (κ3) is 5.63. The lowest BCUT2D eigenvalue weighted by molar-refractivity contribution is -0.484. The number of hydrogen-bond acceptors (Lipinski definition) is 5. The van der Waals surface area contributed by atoms with Crippen LogP contribution in [0.15, 0.2) is 30.5 Å². The van der Waals surface area contributed by atoms with E-state index in [1.54, 1.807) is 4.90 Å². The molecule has 3 atom stereocenters. The predicted octanol–water partition coefficient (Wildman–Crippen LogP) is 5.93. The second-order valence-electron chi connectivity index (χ2n) is 11.8. The molecule has 8 nitrogen and oxygen atoms in total. The Bertz CT molecular complexity index is 1040. The summed E-state index contributed by atoms with van der Waals surface area (Å²) < 4.78 is 12.5. The molecule has 1 amide bonds. The number of carbonyl (C=O) groups excluding carboxylic acids is 1. The number of para-hydroxylation sites is 1. The van der Waals surface area contributed by atoms with Gasteiger partial charge in [0.05, 0.1) is 18.1 Å². The smallest absolute Gasteiger partial charge is 0.410 e. The lowest BCUT2D eigenvalue weighted by Crippen LogP contribution is -2.52. The third-order valence-electron chi connectivity index (χ3n) is 7.05. The SMILES string of the molecule is CC(C)(C)OC(=O)N1CC[C@H](O[Si](C)(C)C(C)(C)C)[C@H]1[C@H](C[N+](=O)[O-])c1c[nH]c2ccccc12. The van der Waals surface area contributed by atoms with Gasteiger partial charge in [-0.1, -0.05) is 39.0 Å². The molecule has 34 heavy (non-hydrogen) atoms. The number of H-pyrrole nitrogens is 1. The molecule has 1 aliphatic rings. The quantitative estimate of drug-likeness (QED) is 0.308. The molecule has 1 aromatic heterocycles. The topological polar surface area (TPSA) is 97.7 Å². The first kappa shape index (κ1) is 26.2. The first-order chi connectivity index (χ1) is 15.6. The summed E-state index contributed by atoms with van der Waals surface area (Å²) in [6, 6.07) is 7.26. The van der Waals surface area contributed by atoms with Gasteiger partial charge in [0.1, 0.15) is 5.60 Å². The number of rotatable bonds is 6. The largest absolute Gasteiger partial charge is 0.444 e. The Morgan fingerprint density at radius 2 is 1.88 bits per heavy atom. The van der Waals surface area contributed by atoms with Gasteiger partial charge in [-0.2, -0.15) is 0 Å². The Balaban J connectivity index is 2.09. The van der Waals surface area contributed by atoms with E-state index in [4.69, 9.17) is 9.16 Å². The molecule has 0 bridgehead atoms. The fourth-order valence-corrected chi connectivity index (χ4v) is 5.80. The molecule has 1 aliphatic heterocycles. The number of aromatic nitrogens is 1. The predicted molar refractivity (Wildman–Crippen MR) is 136 cm³/mol. The Morgan fingerprint density at radius 3 is 2.47 bits per heavy atom. The summed E-state index contributed by atoms with van der Waals surface area (Å²) in [5, 5.41) is 12.8. The third-order valence-corrected chi connectivity index (χ3v) is 11.6. The normalized spacial score (nSPS) is 20.5. The molecule has 188 valence electrons. The molecule has 0 spiro atoms. The van der Waals surface area contributed by atoms with Gasteiger partial charge in [-0.25, -0.2) is 4.79 Å². The van der Waals surface area contributed by atoms with Crippen molar-refractivity contribution in [3.63, 3.8) is 0 Å². The lowest BCUT2D eigenvalue weighted by atomic mass is 9.88. The van der Waals surface area contributed by atoms with Crippen LogP contribution < -0.4 is 0 Å². The van der Waals surface area contributed by atoms with Crippen LogP contribution in [0.5, 0.6) is 0 Å². The van der Waals surface area contributed by atoms with E-state index in [0.717, 1.165) is 16.5 Å².